The summed E-state index contributed by atoms with van der Waals surface area (Å²) in [5, 5.41) is 5.75. The summed E-state index contributed by atoms with van der Waals surface area (Å²) in [5.74, 6) is 0.766. The van der Waals surface area contributed by atoms with E-state index in [9.17, 15) is 9.59 Å². The molecule has 1 heterocycles. The summed E-state index contributed by atoms with van der Waals surface area (Å²) < 4.78 is 5.44. The molecule has 1 aliphatic rings. The third-order valence-corrected chi connectivity index (χ3v) is 6.35. The van der Waals surface area contributed by atoms with Crippen molar-refractivity contribution in [2.75, 3.05) is 44.6 Å². The molecule has 2 aromatic carbocycles. The van der Waals surface area contributed by atoms with Gasteiger partial charge in [-0.15, -0.1) is 0 Å². The van der Waals surface area contributed by atoms with E-state index in [2.05, 4.69) is 39.8 Å². The van der Waals surface area contributed by atoms with E-state index >= 15 is 0 Å². The number of rotatable bonds is 10. The van der Waals surface area contributed by atoms with Crippen molar-refractivity contribution in [3.05, 3.63) is 66.2 Å². The molecule has 1 aliphatic heterocycles. The second-order valence-corrected chi connectivity index (χ2v) is 8.86. The fraction of sp³-hybridized carbons (Fsp3) is 0.429. The minimum absolute atomic E-state index is 0.0133. The largest absolute Gasteiger partial charge is 0.494 e. The minimum Gasteiger partial charge on any atom is -0.494 e. The highest BCUT2D eigenvalue weighted by atomic mass is 16.5. The van der Waals surface area contributed by atoms with E-state index in [4.69, 9.17) is 4.74 Å². The molecule has 7 heteroatoms. The van der Waals surface area contributed by atoms with E-state index in [1.54, 1.807) is 12.1 Å². The van der Waals surface area contributed by atoms with E-state index in [0.29, 0.717) is 25.4 Å². The molecular formula is C28H38N4O3. The maximum atomic E-state index is 13.3. The Morgan fingerprint density at radius 2 is 1.69 bits per heavy atom. The third kappa shape index (κ3) is 8.14. The van der Waals surface area contributed by atoms with E-state index in [0.717, 1.165) is 31.8 Å². The summed E-state index contributed by atoms with van der Waals surface area (Å²) in [6.07, 6.45) is 5.09. The molecule has 3 rings (SSSR count). The zero-order valence-electron chi connectivity index (χ0n) is 21.1. The number of carbonyl (C=O) groups excluding carboxylic acids is 2. The summed E-state index contributed by atoms with van der Waals surface area (Å²) in [6.45, 7) is 10.4. The highest BCUT2D eigenvalue weighted by Crippen LogP contribution is 2.17. The van der Waals surface area contributed by atoms with Crippen LogP contribution in [0.4, 0.5) is 10.5 Å². The van der Waals surface area contributed by atoms with Gasteiger partial charge in [-0.25, -0.2) is 4.79 Å². The Kier molecular flexibility index (Phi) is 10.2. The third-order valence-electron chi connectivity index (χ3n) is 6.35. The first-order chi connectivity index (χ1) is 17.0. The van der Waals surface area contributed by atoms with Gasteiger partial charge in [0.1, 0.15) is 11.8 Å². The maximum absolute atomic E-state index is 13.3. The second kappa shape index (κ2) is 13.5. The number of hydrogen-bond acceptors (Lipinski definition) is 4. The van der Waals surface area contributed by atoms with Crippen molar-refractivity contribution < 1.29 is 14.3 Å². The first-order valence-electron chi connectivity index (χ1n) is 12.5. The van der Waals surface area contributed by atoms with E-state index in [1.165, 1.54) is 5.56 Å². The number of nitrogens with zero attached hydrogens (tertiary/aromatic N) is 2. The zero-order chi connectivity index (χ0) is 25.0. The molecule has 2 aromatic rings. The molecule has 2 atom stereocenters. The SMILES string of the molecule is CCOc1ccc(NC(=O)NC(C(=O)N2CCN(C/C=C/c3ccccc3)CC2)C(C)CC)cc1. The van der Waals surface area contributed by atoms with Crippen LogP contribution in [0.1, 0.15) is 32.8 Å². The molecule has 188 valence electrons. The van der Waals surface area contributed by atoms with Crippen molar-refractivity contribution in [1.29, 1.82) is 0 Å². The van der Waals surface area contributed by atoms with Crippen LogP contribution < -0.4 is 15.4 Å². The van der Waals surface area contributed by atoms with Crippen LogP contribution >= 0.6 is 0 Å². The van der Waals surface area contributed by atoms with Crippen LogP contribution in [0.2, 0.25) is 0 Å². The van der Waals surface area contributed by atoms with Gasteiger partial charge in [-0.2, -0.15) is 0 Å². The summed E-state index contributed by atoms with van der Waals surface area (Å²) in [6, 6.07) is 16.5. The van der Waals surface area contributed by atoms with E-state index < -0.39 is 6.04 Å². The Morgan fingerprint density at radius 3 is 2.31 bits per heavy atom. The first kappa shape index (κ1) is 26.3. The Labute approximate surface area is 209 Å². The summed E-state index contributed by atoms with van der Waals surface area (Å²) in [5.41, 5.74) is 1.84. The van der Waals surface area contributed by atoms with Crippen molar-refractivity contribution in [3.63, 3.8) is 0 Å². The molecule has 3 amide bonds. The number of hydrogen-bond donors (Lipinski definition) is 2. The van der Waals surface area contributed by atoms with Crippen molar-refractivity contribution >= 4 is 23.7 Å². The van der Waals surface area contributed by atoms with E-state index in [1.807, 2.05) is 56.0 Å². The number of ether oxygens (including phenoxy) is 1. The van der Waals surface area contributed by atoms with Gasteiger partial charge in [-0.05, 0) is 42.7 Å². The lowest BCUT2D eigenvalue weighted by molar-refractivity contribution is -0.136. The number of anilines is 1. The molecular weight excluding hydrogens is 440 g/mol. The Bertz CT molecular complexity index is 954. The average Bonchev–Trinajstić information content (AvgIpc) is 2.89. The van der Waals surface area contributed by atoms with Crippen LogP contribution in [0.25, 0.3) is 6.08 Å². The van der Waals surface area contributed by atoms with Gasteiger partial charge in [0.05, 0.1) is 6.61 Å². The summed E-state index contributed by atoms with van der Waals surface area (Å²) >= 11 is 0. The number of piperazine rings is 1. The quantitative estimate of drug-likeness (QED) is 0.528. The van der Waals surface area contributed by atoms with Crippen LogP contribution in [-0.4, -0.2) is 67.1 Å². The Morgan fingerprint density at radius 1 is 1.00 bits per heavy atom. The normalized spacial score (nSPS) is 16.0. The number of carbonyl (C=O) groups is 2. The minimum atomic E-state index is -0.563. The van der Waals surface area contributed by atoms with Crippen molar-refractivity contribution in [2.24, 2.45) is 5.92 Å². The van der Waals surface area contributed by atoms with Gasteiger partial charge in [0, 0.05) is 38.4 Å². The second-order valence-electron chi connectivity index (χ2n) is 8.86. The molecule has 0 aromatic heterocycles. The molecule has 1 fully saturated rings. The van der Waals surface area contributed by atoms with Gasteiger partial charge in [0.25, 0.3) is 0 Å². The first-order valence-corrected chi connectivity index (χ1v) is 12.5. The monoisotopic (exact) mass is 478 g/mol. The van der Waals surface area contributed by atoms with Crippen LogP contribution in [0.3, 0.4) is 0 Å². The van der Waals surface area contributed by atoms with Gasteiger partial charge in [0.15, 0.2) is 0 Å². The fourth-order valence-corrected chi connectivity index (χ4v) is 4.04. The number of nitrogens with one attached hydrogen (secondary N) is 2. The number of amides is 3. The molecule has 0 radical (unpaired) electrons. The Hall–Kier alpha value is -3.32. The lowest BCUT2D eigenvalue weighted by atomic mass is 9.97. The summed E-state index contributed by atoms with van der Waals surface area (Å²) in [4.78, 5) is 30.3. The van der Waals surface area contributed by atoms with Gasteiger partial charge >= 0.3 is 6.03 Å². The molecule has 2 N–H and O–H groups in total. The van der Waals surface area contributed by atoms with Gasteiger partial charge in [-0.3, -0.25) is 9.69 Å². The molecule has 0 bridgehead atoms. The highest BCUT2D eigenvalue weighted by molar-refractivity contribution is 5.94. The van der Waals surface area contributed by atoms with Crippen LogP contribution in [0.15, 0.2) is 60.7 Å². The van der Waals surface area contributed by atoms with Gasteiger partial charge in [0.2, 0.25) is 5.91 Å². The molecule has 35 heavy (non-hydrogen) atoms. The van der Waals surface area contributed by atoms with Gasteiger partial charge in [-0.1, -0.05) is 62.8 Å². The summed E-state index contributed by atoms with van der Waals surface area (Å²) in [7, 11) is 0. The number of benzene rings is 2. The van der Waals surface area contributed by atoms with Crippen LogP contribution in [0, 0.1) is 5.92 Å². The van der Waals surface area contributed by atoms with Gasteiger partial charge < -0.3 is 20.3 Å². The predicted molar refractivity (Wildman–Crippen MR) is 142 cm³/mol. The smallest absolute Gasteiger partial charge is 0.319 e. The predicted octanol–water partition coefficient (Wildman–Crippen LogP) is 4.48. The number of urea groups is 1. The molecule has 0 spiro atoms. The van der Waals surface area contributed by atoms with Crippen molar-refractivity contribution in [2.45, 2.75) is 33.2 Å². The molecule has 0 saturated carbocycles. The topological polar surface area (TPSA) is 73.9 Å². The lowest BCUT2D eigenvalue weighted by Gasteiger charge is -2.37. The van der Waals surface area contributed by atoms with Crippen LogP contribution in [0.5, 0.6) is 5.75 Å². The lowest BCUT2D eigenvalue weighted by Crippen LogP contribution is -2.57. The van der Waals surface area contributed by atoms with Crippen molar-refractivity contribution in [1.82, 2.24) is 15.1 Å². The standard InChI is InChI=1S/C28H38N4O3/c1-4-22(3)26(30-28(34)29-24-13-15-25(16-14-24)35-5-2)27(33)32-20-18-31(19-21-32)17-9-12-23-10-7-6-8-11-23/h6-16,22,26H,4-5,17-21H2,1-3H3,(H2,29,30,34)/b12-9+. The molecule has 1 saturated heterocycles. The highest BCUT2D eigenvalue weighted by Gasteiger charge is 2.31. The van der Waals surface area contributed by atoms with E-state index in [-0.39, 0.29) is 17.9 Å². The fourth-order valence-electron chi connectivity index (χ4n) is 4.04. The zero-order valence-corrected chi connectivity index (χ0v) is 21.1. The molecule has 7 nitrogen and oxygen atoms in total. The maximum Gasteiger partial charge on any atom is 0.319 e. The molecule has 0 aliphatic carbocycles. The average molecular weight is 479 g/mol. The van der Waals surface area contributed by atoms with Crippen LogP contribution in [-0.2, 0) is 4.79 Å². The Balaban J connectivity index is 1.50. The van der Waals surface area contributed by atoms with Crippen molar-refractivity contribution in [3.8, 4) is 5.75 Å². The molecule has 2 unspecified atom stereocenters.